The zero-order valence-corrected chi connectivity index (χ0v) is 8.11. The lowest BCUT2D eigenvalue weighted by atomic mass is 10.2. The van der Waals surface area contributed by atoms with Crippen LogP contribution >= 0.6 is 0 Å². The van der Waals surface area contributed by atoms with Crippen molar-refractivity contribution in [1.29, 1.82) is 0 Å². The zero-order chi connectivity index (χ0) is 11.3. The summed E-state index contributed by atoms with van der Waals surface area (Å²) in [6.07, 6.45) is 1.26. The van der Waals surface area contributed by atoms with Crippen LogP contribution in [-0.2, 0) is 9.53 Å². The van der Waals surface area contributed by atoms with E-state index in [-0.39, 0.29) is 17.9 Å². The van der Waals surface area contributed by atoms with Gasteiger partial charge in [-0.1, -0.05) is 0 Å². The maximum Gasteiger partial charge on any atom is 0.359 e. The van der Waals surface area contributed by atoms with E-state index in [1.165, 1.54) is 18.3 Å². The van der Waals surface area contributed by atoms with Crippen molar-refractivity contribution in [3.05, 3.63) is 29.8 Å². The number of esters is 1. The molecule has 0 radical (unpaired) electrons. The number of hydrazone groups is 1. The molecule has 0 amide bonds. The zero-order valence-electron chi connectivity index (χ0n) is 8.11. The molecule has 1 aromatic rings. The monoisotopic (exact) mass is 211 g/mol. The van der Waals surface area contributed by atoms with Crippen LogP contribution in [0.25, 0.3) is 0 Å². The summed E-state index contributed by atoms with van der Waals surface area (Å²) in [5.41, 5.74) is -0.346. The SMILES string of the molecule is CCOC(=O)/C(=N\N)c1cccnc1F. The molecule has 0 saturated carbocycles. The number of carbonyl (C=O) groups is 1. The van der Waals surface area contributed by atoms with Crippen molar-refractivity contribution >= 4 is 11.7 Å². The fraction of sp³-hybridized carbons (Fsp3) is 0.222. The first-order valence-electron chi connectivity index (χ1n) is 4.26. The van der Waals surface area contributed by atoms with Crippen molar-refractivity contribution in [3.63, 3.8) is 0 Å². The van der Waals surface area contributed by atoms with Crippen molar-refractivity contribution in [3.8, 4) is 0 Å². The highest BCUT2D eigenvalue weighted by Crippen LogP contribution is 2.06. The van der Waals surface area contributed by atoms with E-state index in [0.29, 0.717) is 0 Å². The molecule has 0 atom stereocenters. The minimum Gasteiger partial charge on any atom is -0.461 e. The summed E-state index contributed by atoms with van der Waals surface area (Å²) in [6.45, 7) is 1.80. The summed E-state index contributed by atoms with van der Waals surface area (Å²) in [4.78, 5) is 14.7. The maximum atomic E-state index is 13.2. The molecule has 0 aliphatic rings. The van der Waals surface area contributed by atoms with Gasteiger partial charge in [0.05, 0.1) is 12.2 Å². The highest BCUT2D eigenvalue weighted by molar-refractivity contribution is 6.43. The lowest BCUT2D eigenvalue weighted by Gasteiger charge is -2.04. The number of carbonyl (C=O) groups excluding carboxylic acids is 1. The first-order chi connectivity index (χ1) is 7.20. The predicted octanol–water partition coefficient (Wildman–Crippen LogP) is 0.447. The van der Waals surface area contributed by atoms with E-state index >= 15 is 0 Å². The summed E-state index contributed by atoms with van der Waals surface area (Å²) in [6, 6.07) is 2.83. The Morgan fingerprint density at radius 2 is 2.47 bits per heavy atom. The van der Waals surface area contributed by atoms with Crippen LogP contribution in [-0.4, -0.2) is 23.3 Å². The van der Waals surface area contributed by atoms with E-state index in [2.05, 4.69) is 14.8 Å². The van der Waals surface area contributed by atoms with E-state index < -0.39 is 11.9 Å². The molecule has 0 fully saturated rings. The Kier molecular flexibility index (Phi) is 3.73. The third-order valence-electron chi connectivity index (χ3n) is 1.61. The number of nitrogens with two attached hydrogens (primary N) is 1. The Labute approximate surface area is 85.8 Å². The Morgan fingerprint density at radius 1 is 1.73 bits per heavy atom. The highest BCUT2D eigenvalue weighted by atomic mass is 19.1. The van der Waals surface area contributed by atoms with E-state index in [4.69, 9.17) is 5.84 Å². The van der Waals surface area contributed by atoms with Crippen LogP contribution in [0.3, 0.4) is 0 Å². The molecule has 5 nitrogen and oxygen atoms in total. The summed E-state index contributed by atoms with van der Waals surface area (Å²) in [7, 11) is 0. The molecule has 15 heavy (non-hydrogen) atoms. The number of nitrogens with zero attached hydrogens (tertiary/aromatic N) is 2. The second-order valence-electron chi connectivity index (χ2n) is 2.54. The number of hydrogen-bond donors (Lipinski definition) is 1. The van der Waals surface area contributed by atoms with Crippen LogP contribution in [0.4, 0.5) is 4.39 Å². The molecule has 0 unspecified atom stereocenters. The number of pyridine rings is 1. The second kappa shape index (κ2) is 5.04. The minimum absolute atomic E-state index is 0.0709. The molecule has 6 heteroatoms. The predicted molar refractivity (Wildman–Crippen MR) is 51.6 cm³/mol. The van der Waals surface area contributed by atoms with Crippen LogP contribution < -0.4 is 5.84 Å². The summed E-state index contributed by atoms with van der Waals surface area (Å²) in [5.74, 6) is 3.42. The maximum absolute atomic E-state index is 13.2. The first-order valence-corrected chi connectivity index (χ1v) is 4.26. The second-order valence-corrected chi connectivity index (χ2v) is 2.54. The first kappa shape index (κ1) is 11.1. The van der Waals surface area contributed by atoms with Crippen molar-refractivity contribution < 1.29 is 13.9 Å². The molecule has 2 N–H and O–H groups in total. The van der Waals surface area contributed by atoms with Gasteiger partial charge in [0.2, 0.25) is 5.95 Å². The molecule has 0 aliphatic carbocycles. The van der Waals surface area contributed by atoms with E-state index in [1.807, 2.05) is 0 Å². The standard InChI is InChI=1S/C9H10FN3O2/c1-2-15-9(14)7(13-11)6-4-3-5-12-8(6)10/h3-5H,2,11H2,1H3/b13-7-. The fourth-order valence-electron chi connectivity index (χ4n) is 0.994. The van der Waals surface area contributed by atoms with Crippen LogP contribution in [0, 0.1) is 5.95 Å². The molecule has 1 rings (SSSR count). The van der Waals surface area contributed by atoms with Gasteiger partial charge >= 0.3 is 5.97 Å². The Bertz CT molecular complexity index is 393. The number of aromatic nitrogens is 1. The molecule has 1 aromatic heterocycles. The fourth-order valence-corrected chi connectivity index (χ4v) is 0.994. The summed E-state index contributed by atoms with van der Waals surface area (Å²) >= 11 is 0. The van der Waals surface area contributed by atoms with Gasteiger partial charge in [0.25, 0.3) is 0 Å². The number of hydrogen-bond acceptors (Lipinski definition) is 5. The quantitative estimate of drug-likeness (QED) is 0.259. The smallest absolute Gasteiger partial charge is 0.359 e. The van der Waals surface area contributed by atoms with Gasteiger partial charge in [-0.25, -0.2) is 9.78 Å². The average molecular weight is 211 g/mol. The molecular weight excluding hydrogens is 201 g/mol. The van der Waals surface area contributed by atoms with Gasteiger partial charge in [-0.3, -0.25) is 0 Å². The minimum atomic E-state index is -0.810. The van der Waals surface area contributed by atoms with E-state index in [0.717, 1.165) is 0 Å². The van der Waals surface area contributed by atoms with E-state index in [9.17, 15) is 9.18 Å². The molecule has 0 bridgehead atoms. The van der Waals surface area contributed by atoms with Gasteiger partial charge < -0.3 is 10.6 Å². The van der Waals surface area contributed by atoms with Crippen molar-refractivity contribution in [1.82, 2.24) is 4.98 Å². The Hall–Kier alpha value is -1.98. The van der Waals surface area contributed by atoms with Gasteiger partial charge in [-0.2, -0.15) is 9.49 Å². The van der Waals surface area contributed by atoms with Crippen LogP contribution in [0.2, 0.25) is 0 Å². The van der Waals surface area contributed by atoms with Gasteiger partial charge in [-0.15, -0.1) is 0 Å². The molecular formula is C9H10FN3O2. The number of rotatable bonds is 3. The van der Waals surface area contributed by atoms with Crippen molar-refractivity contribution in [2.45, 2.75) is 6.92 Å². The highest BCUT2D eigenvalue weighted by Gasteiger charge is 2.19. The van der Waals surface area contributed by atoms with Crippen LogP contribution in [0.5, 0.6) is 0 Å². The number of ether oxygens (including phenoxy) is 1. The molecule has 80 valence electrons. The topological polar surface area (TPSA) is 77.6 Å². The van der Waals surface area contributed by atoms with Gasteiger partial charge in [-0.05, 0) is 19.1 Å². The third kappa shape index (κ3) is 2.49. The van der Waals surface area contributed by atoms with Crippen molar-refractivity contribution in [2.75, 3.05) is 6.61 Å². The van der Waals surface area contributed by atoms with Crippen LogP contribution in [0.1, 0.15) is 12.5 Å². The van der Waals surface area contributed by atoms with Crippen molar-refractivity contribution in [2.24, 2.45) is 10.9 Å². The Balaban J connectivity index is 3.04. The van der Waals surface area contributed by atoms with Crippen LogP contribution in [0.15, 0.2) is 23.4 Å². The third-order valence-corrected chi connectivity index (χ3v) is 1.61. The normalized spacial score (nSPS) is 11.2. The van der Waals surface area contributed by atoms with Gasteiger partial charge in [0.15, 0.2) is 5.71 Å². The molecule has 0 aliphatic heterocycles. The molecule has 0 spiro atoms. The summed E-state index contributed by atoms with van der Waals surface area (Å²) in [5, 5.41) is 3.20. The average Bonchev–Trinajstić information content (AvgIpc) is 2.22. The molecule has 0 saturated heterocycles. The lowest BCUT2D eigenvalue weighted by Crippen LogP contribution is -2.22. The van der Waals surface area contributed by atoms with E-state index in [1.54, 1.807) is 6.92 Å². The lowest BCUT2D eigenvalue weighted by molar-refractivity contribution is -0.134. The van der Waals surface area contributed by atoms with Gasteiger partial charge in [0.1, 0.15) is 0 Å². The molecule has 0 aromatic carbocycles. The number of halogens is 1. The largest absolute Gasteiger partial charge is 0.461 e. The molecule has 1 heterocycles. The van der Waals surface area contributed by atoms with Gasteiger partial charge in [0, 0.05) is 6.20 Å². The summed E-state index contributed by atoms with van der Waals surface area (Å²) < 4.78 is 17.8. The Morgan fingerprint density at radius 3 is 3.00 bits per heavy atom.